The van der Waals surface area contributed by atoms with Crippen LogP contribution < -0.4 is 5.32 Å². The van der Waals surface area contributed by atoms with Crippen molar-refractivity contribution >= 4 is 53.3 Å². The summed E-state index contributed by atoms with van der Waals surface area (Å²) in [6.07, 6.45) is 0. The summed E-state index contributed by atoms with van der Waals surface area (Å²) in [6.45, 7) is 1.85. The van der Waals surface area contributed by atoms with Gasteiger partial charge in [0.2, 0.25) is 5.91 Å². The molecule has 0 radical (unpaired) electrons. The molecule has 122 valence electrons. The minimum Gasteiger partial charge on any atom is -0.325 e. The lowest BCUT2D eigenvalue weighted by atomic mass is 10.2. The first-order chi connectivity index (χ1) is 10.7. The van der Waals surface area contributed by atoms with Gasteiger partial charge in [0.05, 0.1) is 5.75 Å². The lowest BCUT2D eigenvalue weighted by molar-refractivity contribution is -0.113. The van der Waals surface area contributed by atoms with Gasteiger partial charge in [-0.1, -0.05) is 50.1 Å². The van der Waals surface area contributed by atoms with Crippen molar-refractivity contribution in [2.75, 3.05) is 11.1 Å². The number of benzene rings is 2. The largest absolute Gasteiger partial charge is 0.325 e. The SMILES string of the molecule is Cc1ccc(Br)cc1NC(=O)CS(=O)(=O)Cc1ccc(Br)cc1. The first-order valence-corrected chi connectivity index (χ1v) is 10.2. The van der Waals surface area contributed by atoms with Crippen LogP contribution in [-0.2, 0) is 20.4 Å². The number of amides is 1. The highest BCUT2D eigenvalue weighted by Crippen LogP contribution is 2.21. The van der Waals surface area contributed by atoms with Crippen molar-refractivity contribution in [1.29, 1.82) is 0 Å². The van der Waals surface area contributed by atoms with E-state index in [1.165, 1.54) is 0 Å². The van der Waals surface area contributed by atoms with E-state index in [1.54, 1.807) is 30.3 Å². The Hall–Kier alpha value is -1.18. The van der Waals surface area contributed by atoms with E-state index < -0.39 is 21.5 Å². The van der Waals surface area contributed by atoms with Gasteiger partial charge in [-0.05, 0) is 42.3 Å². The van der Waals surface area contributed by atoms with Crippen LogP contribution in [0.3, 0.4) is 0 Å². The van der Waals surface area contributed by atoms with Gasteiger partial charge in [-0.25, -0.2) is 8.42 Å². The average Bonchev–Trinajstić information content (AvgIpc) is 2.44. The molecule has 1 amide bonds. The van der Waals surface area contributed by atoms with Gasteiger partial charge in [0.15, 0.2) is 9.84 Å². The fourth-order valence-electron chi connectivity index (χ4n) is 2.00. The number of hydrogen-bond acceptors (Lipinski definition) is 3. The third-order valence-corrected chi connectivity index (χ3v) is 5.62. The second kappa shape index (κ2) is 7.59. The van der Waals surface area contributed by atoms with Crippen LogP contribution in [0, 0.1) is 6.92 Å². The molecule has 0 aromatic heterocycles. The van der Waals surface area contributed by atoms with E-state index in [1.807, 2.05) is 19.1 Å². The predicted octanol–water partition coefficient (Wildman–Crippen LogP) is 4.07. The normalized spacial score (nSPS) is 11.3. The summed E-state index contributed by atoms with van der Waals surface area (Å²) in [5.41, 5.74) is 2.12. The van der Waals surface area contributed by atoms with Crippen LogP contribution in [0.1, 0.15) is 11.1 Å². The topological polar surface area (TPSA) is 63.2 Å². The van der Waals surface area contributed by atoms with Crippen LogP contribution in [0.2, 0.25) is 0 Å². The summed E-state index contributed by atoms with van der Waals surface area (Å²) in [7, 11) is -3.53. The minimum atomic E-state index is -3.53. The Balaban J connectivity index is 2.03. The molecule has 2 rings (SSSR count). The smallest absolute Gasteiger partial charge is 0.239 e. The second-order valence-electron chi connectivity index (χ2n) is 5.17. The molecule has 0 fully saturated rings. The van der Waals surface area contributed by atoms with Gasteiger partial charge in [0.25, 0.3) is 0 Å². The Kier molecular flexibility index (Phi) is 6.00. The number of carbonyl (C=O) groups is 1. The number of aryl methyl sites for hydroxylation is 1. The van der Waals surface area contributed by atoms with Crippen LogP contribution in [0.5, 0.6) is 0 Å². The third kappa shape index (κ3) is 5.75. The molecule has 0 heterocycles. The summed E-state index contributed by atoms with van der Waals surface area (Å²) in [6, 6.07) is 12.4. The molecule has 0 saturated carbocycles. The summed E-state index contributed by atoms with van der Waals surface area (Å²) in [5, 5.41) is 2.65. The number of anilines is 1. The molecule has 23 heavy (non-hydrogen) atoms. The number of rotatable bonds is 5. The second-order valence-corrected chi connectivity index (χ2v) is 9.06. The van der Waals surface area contributed by atoms with Crippen molar-refractivity contribution in [3.05, 3.63) is 62.5 Å². The summed E-state index contributed by atoms with van der Waals surface area (Å²) < 4.78 is 26.0. The van der Waals surface area contributed by atoms with Crippen molar-refractivity contribution in [2.45, 2.75) is 12.7 Å². The van der Waals surface area contributed by atoms with E-state index in [4.69, 9.17) is 0 Å². The maximum Gasteiger partial charge on any atom is 0.239 e. The van der Waals surface area contributed by atoms with Gasteiger partial charge in [-0.3, -0.25) is 4.79 Å². The highest BCUT2D eigenvalue weighted by Gasteiger charge is 2.18. The molecule has 7 heteroatoms. The molecule has 0 aliphatic carbocycles. The first-order valence-electron chi connectivity index (χ1n) is 6.76. The molecular formula is C16H15Br2NO3S. The van der Waals surface area contributed by atoms with E-state index in [0.29, 0.717) is 11.3 Å². The maximum absolute atomic E-state index is 12.2. The van der Waals surface area contributed by atoms with Crippen molar-refractivity contribution in [1.82, 2.24) is 0 Å². The van der Waals surface area contributed by atoms with Gasteiger partial charge in [0, 0.05) is 14.6 Å². The Morgan fingerprint density at radius 1 is 1.04 bits per heavy atom. The zero-order valence-electron chi connectivity index (χ0n) is 12.3. The summed E-state index contributed by atoms with van der Waals surface area (Å²) in [4.78, 5) is 12.0. The monoisotopic (exact) mass is 459 g/mol. The van der Waals surface area contributed by atoms with Gasteiger partial charge in [0.1, 0.15) is 5.75 Å². The van der Waals surface area contributed by atoms with Crippen molar-refractivity contribution in [3.63, 3.8) is 0 Å². The van der Waals surface area contributed by atoms with E-state index in [9.17, 15) is 13.2 Å². The highest BCUT2D eigenvalue weighted by atomic mass is 79.9. The minimum absolute atomic E-state index is 0.162. The quantitative estimate of drug-likeness (QED) is 0.731. The molecule has 0 unspecified atom stereocenters. The van der Waals surface area contributed by atoms with Crippen molar-refractivity contribution < 1.29 is 13.2 Å². The Labute approximate surface area is 152 Å². The first kappa shape index (κ1) is 18.2. The zero-order valence-corrected chi connectivity index (χ0v) is 16.3. The van der Waals surface area contributed by atoms with Crippen molar-refractivity contribution in [3.8, 4) is 0 Å². The van der Waals surface area contributed by atoms with E-state index in [2.05, 4.69) is 37.2 Å². The molecule has 0 aliphatic rings. The predicted molar refractivity (Wildman–Crippen MR) is 99.1 cm³/mol. The molecule has 4 nitrogen and oxygen atoms in total. The van der Waals surface area contributed by atoms with Crippen LogP contribution >= 0.6 is 31.9 Å². The van der Waals surface area contributed by atoms with Gasteiger partial charge in [-0.2, -0.15) is 0 Å². The van der Waals surface area contributed by atoms with Crippen LogP contribution in [0.4, 0.5) is 5.69 Å². The molecule has 0 aliphatic heterocycles. The third-order valence-electron chi connectivity index (χ3n) is 3.12. The maximum atomic E-state index is 12.2. The van der Waals surface area contributed by atoms with E-state index in [-0.39, 0.29) is 5.75 Å². The molecule has 0 bridgehead atoms. The molecule has 0 saturated heterocycles. The fourth-order valence-corrected chi connectivity index (χ4v) is 3.90. The Morgan fingerprint density at radius 2 is 1.65 bits per heavy atom. The number of carbonyl (C=O) groups excluding carboxylic acids is 1. The Bertz CT molecular complexity index is 818. The average molecular weight is 461 g/mol. The lowest BCUT2D eigenvalue weighted by Gasteiger charge is -2.09. The van der Waals surface area contributed by atoms with Crippen molar-refractivity contribution in [2.24, 2.45) is 0 Å². The fraction of sp³-hybridized carbons (Fsp3) is 0.188. The summed E-state index contributed by atoms with van der Waals surface area (Å²) in [5.74, 6) is -1.25. The van der Waals surface area contributed by atoms with Gasteiger partial charge >= 0.3 is 0 Å². The number of sulfone groups is 1. The zero-order chi connectivity index (χ0) is 17.0. The van der Waals surface area contributed by atoms with Crippen LogP contribution in [0.25, 0.3) is 0 Å². The summed E-state index contributed by atoms with van der Waals surface area (Å²) >= 11 is 6.62. The standard InChI is InChI=1S/C16H15Br2NO3S/c1-11-2-5-14(18)8-15(11)19-16(20)10-23(21,22)9-12-3-6-13(17)7-4-12/h2-8H,9-10H2,1H3,(H,19,20). The van der Waals surface area contributed by atoms with Gasteiger partial charge < -0.3 is 5.32 Å². The molecule has 2 aromatic carbocycles. The van der Waals surface area contributed by atoms with E-state index in [0.717, 1.165) is 14.5 Å². The van der Waals surface area contributed by atoms with Crippen LogP contribution in [0.15, 0.2) is 51.4 Å². The van der Waals surface area contributed by atoms with E-state index >= 15 is 0 Å². The lowest BCUT2D eigenvalue weighted by Crippen LogP contribution is -2.24. The highest BCUT2D eigenvalue weighted by molar-refractivity contribution is 9.10. The molecule has 0 atom stereocenters. The molecule has 2 aromatic rings. The van der Waals surface area contributed by atoms with Gasteiger partial charge in [-0.15, -0.1) is 0 Å². The number of nitrogens with one attached hydrogen (secondary N) is 1. The Morgan fingerprint density at radius 3 is 2.30 bits per heavy atom. The number of hydrogen-bond donors (Lipinski definition) is 1. The molecule has 0 spiro atoms. The number of halogens is 2. The molecule has 1 N–H and O–H groups in total. The van der Waals surface area contributed by atoms with Crippen LogP contribution in [-0.4, -0.2) is 20.1 Å². The molecular weight excluding hydrogens is 446 g/mol.